The van der Waals surface area contributed by atoms with Crippen LogP contribution in [0.1, 0.15) is 30.5 Å². The van der Waals surface area contributed by atoms with Crippen LogP contribution >= 0.6 is 0 Å². The highest BCUT2D eigenvalue weighted by Gasteiger charge is 2.41. The summed E-state index contributed by atoms with van der Waals surface area (Å²) in [6.07, 6.45) is 0.231. The Kier molecular flexibility index (Phi) is 4.15. The molecule has 0 aliphatic carbocycles. The van der Waals surface area contributed by atoms with E-state index in [4.69, 9.17) is 0 Å². The number of amides is 2. The second-order valence-corrected chi connectivity index (χ2v) is 6.24. The quantitative estimate of drug-likeness (QED) is 0.911. The third kappa shape index (κ3) is 3.26. The third-order valence-electron chi connectivity index (χ3n) is 4.32. The van der Waals surface area contributed by atoms with E-state index in [0.717, 1.165) is 11.1 Å². The van der Waals surface area contributed by atoms with Crippen LogP contribution in [-0.2, 0) is 9.59 Å². The molecule has 1 atom stereocenters. The van der Waals surface area contributed by atoms with E-state index in [9.17, 15) is 9.59 Å². The van der Waals surface area contributed by atoms with Gasteiger partial charge in [0.15, 0.2) is 0 Å². The number of hydrogen-bond acceptors (Lipinski definition) is 2. The summed E-state index contributed by atoms with van der Waals surface area (Å²) in [5, 5.41) is 5.87. The molecule has 1 saturated heterocycles. The zero-order valence-electron chi connectivity index (χ0n) is 13.1. The van der Waals surface area contributed by atoms with Gasteiger partial charge in [0.2, 0.25) is 11.8 Å². The summed E-state index contributed by atoms with van der Waals surface area (Å²) in [5.74, 6) is -0.174. The third-order valence-corrected chi connectivity index (χ3v) is 4.32. The Labute approximate surface area is 135 Å². The number of benzene rings is 2. The molecule has 1 aliphatic rings. The van der Waals surface area contributed by atoms with E-state index in [0.29, 0.717) is 6.54 Å². The van der Waals surface area contributed by atoms with Crippen molar-refractivity contribution < 1.29 is 9.59 Å². The lowest BCUT2D eigenvalue weighted by Crippen LogP contribution is -2.42. The highest BCUT2D eigenvalue weighted by Crippen LogP contribution is 2.29. The molecule has 0 bridgehead atoms. The molecule has 1 heterocycles. The average molecular weight is 308 g/mol. The molecule has 2 aromatic carbocycles. The van der Waals surface area contributed by atoms with E-state index in [1.165, 1.54) is 0 Å². The van der Waals surface area contributed by atoms with E-state index in [1.807, 2.05) is 67.6 Å². The summed E-state index contributed by atoms with van der Waals surface area (Å²) in [6, 6.07) is 19.5. The molecule has 4 nitrogen and oxygen atoms in total. The first-order valence-corrected chi connectivity index (χ1v) is 7.76. The van der Waals surface area contributed by atoms with Crippen molar-refractivity contribution in [1.29, 1.82) is 0 Å². The molecule has 2 aromatic rings. The Morgan fingerprint density at radius 1 is 1.04 bits per heavy atom. The van der Waals surface area contributed by atoms with Crippen molar-refractivity contribution >= 4 is 11.8 Å². The van der Waals surface area contributed by atoms with Crippen LogP contribution in [0, 0.1) is 5.41 Å². The summed E-state index contributed by atoms with van der Waals surface area (Å²) >= 11 is 0. The van der Waals surface area contributed by atoms with Crippen LogP contribution in [0.5, 0.6) is 0 Å². The molecule has 1 unspecified atom stereocenters. The topological polar surface area (TPSA) is 58.2 Å². The van der Waals surface area contributed by atoms with Crippen molar-refractivity contribution in [3.8, 4) is 0 Å². The van der Waals surface area contributed by atoms with Gasteiger partial charge in [0, 0.05) is 13.0 Å². The van der Waals surface area contributed by atoms with Gasteiger partial charge in [-0.1, -0.05) is 60.7 Å². The Morgan fingerprint density at radius 2 is 1.57 bits per heavy atom. The SMILES string of the molecule is CC1(C(=O)NC(c2ccccc2)c2ccccc2)CNC(=O)C1. The van der Waals surface area contributed by atoms with Crippen LogP contribution in [-0.4, -0.2) is 18.4 Å². The second kappa shape index (κ2) is 6.24. The summed E-state index contributed by atoms with van der Waals surface area (Å²) in [7, 11) is 0. The number of carbonyl (C=O) groups is 2. The van der Waals surface area contributed by atoms with Gasteiger partial charge in [0.1, 0.15) is 0 Å². The Hall–Kier alpha value is -2.62. The minimum atomic E-state index is -0.696. The van der Waals surface area contributed by atoms with E-state index in [1.54, 1.807) is 0 Å². The van der Waals surface area contributed by atoms with Gasteiger partial charge in [-0.2, -0.15) is 0 Å². The van der Waals surface area contributed by atoms with Crippen molar-refractivity contribution in [3.63, 3.8) is 0 Å². The van der Waals surface area contributed by atoms with Gasteiger partial charge in [-0.15, -0.1) is 0 Å². The van der Waals surface area contributed by atoms with E-state index >= 15 is 0 Å². The van der Waals surface area contributed by atoms with Crippen molar-refractivity contribution in [3.05, 3.63) is 71.8 Å². The smallest absolute Gasteiger partial charge is 0.228 e. The van der Waals surface area contributed by atoms with Crippen molar-refractivity contribution in [2.45, 2.75) is 19.4 Å². The normalized spacial score (nSPS) is 20.3. The molecule has 0 spiro atoms. The van der Waals surface area contributed by atoms with E-state index in [2.05, 4.69) is 10.6 Å². The average Bonchev–Trinajstić information content (AvgIpc) is 2.94. The van der Waals surface area contributed by atoms with E-state index in [-0.39, 0.29) is 24.3 Å². The Balaban J connectivity index is 1.88. The molecule has 118 valence electrons. The number of nitrogens with one attached hydrogen (secondary N) is 2. The fourth-order valence-electron chi connectivity index (χ4n) is 2.89. The minimum absolute atomic E-state index is 0.0707. The van der Waals surface area contributed by atoms with Gasteiger partial charge in [0.05, 0.1) is 11.5 Å². The van der Waals surface area contributed by atoms with Crippen LogP contribution in [0.2, 0.25) is 0 Å². The van der Waals surface area contributed by atoms with Gasteiger partial charge in [-0.05, 0) is 18.1 Å². The molecule has 0 aromatic heterocycles. The Bertz CT molecular complexity index is 660. The van der Waals surface area contributed by atoms with Crippen LogP contribution < -0.4 is 10.6 Å². The molecular weight excluding hydrogens is 288 g/mol. The second-order valence-electron chi connectivity index (χ2n) is 6.24. The minimum Gasteiger partial charge on any atom is -0.355 e. The molecule has 0 radical (unpaired) electrons. The van der Waals surface area contributed by atoms with Gasteiger partial charge >= 0.3 is 0 Å². The lowest BCUT2D eigenvalue weighted by atomic mass is 9.87. The largest absolute Gasteiger partial charge is 0.355 e. The van der Waals surface area contributed by atoms with Crippen LogP contribution in [0.4, 0.5) is 0 Å². The summed E-state index contributed by atoms with van der Waals surface area (Å²) in [6.45, 7) is 2.21. The maximum absolute atomic E-state index is 12.8. The highest BCUT2D eigenvalue weighted by atomic mass is 16.2. The van der Waals surface area contributed by atoms with Crippen LogP contribution in [0.15, 0.2) is 60.7 Å². The van der Waals surface area contributed by atoms with E-state index < -0.39 is 5.41 Å². The first kappa shape index (κ1) is 15.3. The maximum atomic E-state index is 12.8. The first-order valence-electron chi connectivity index (χ1n) is 7.76. The summed E-state index contributed by atoms with van der Waals surface area (Å²) in [4.78, 5) is 24.3. The fraction of sp³-hybridized carbons (Fsp3) is 0.263. The fourth-order valence-corrected chi connectivity index (χ4v) is 2.89. The van der Waals surface area contributed by atoms with Crippen molar-refractivity contribution in [2.75, 3.05) is 6.54 Å². The number of hydrogen-bond donors (Lipinski definition) is 2. The van der Waals surface area contributed by atoms with Gasteiger partial charge in [-0.3, -0.25) is 9.59 Å². The lowest BCUT2D eigenvalue weighted by molar-refractivity contribution is -0.131. The predicted molar refractivity (Wildman–Crippen MR) is 88.6 cm³/mol. The molecule has 23 heavy (non-hydrogen) atoms. The zero-order chi connectivity index (χ0) is 16.3. The molecule has 4 heteroatoms. The Morgan fingerprint density at radius 3 is 2.00 bits per heavy atom. The molecule has 3 rings (SSSR count). The van der Waals surface area contributed by atoms with Gasteiger partial charge in [-0.25, -0.2) is 0 Å². The molecule has 2 amide bonds. The molecule has 0 saturated carbocycles. The number of carbonyl (C=O) groups excluding carboxylic acids is 2. The maximum Gasteiger partial charge on any atom is 0.228 e. The van der Waals surface area contributed by atoms with Gasteiger partial charge < -0.3 is 10.6 Å². The monoisotopic (exact) mass is 308 g/mol. The summed E-state index contributed by atoms with van der Waals surface area (Å²) < 4.78 is 0. The standard InChI is InChI=1S/C19H20N2O2/c1-19(12-16(22)20-13-19)18(23)21-17(14-8-4-2-5-9-14)15-10-6-3-7-11-15/h2-11,17H,12-13H2,1H3,(H,20,22)(H,21,23). The van der Waals surface area contributed by atoms with Crippen molar-refractivity contribution in [2.24, 2.45) is 5.41 Å². The van der Waals surface area contributed by atoms with Crippen LogP contribution in [0.3, 0.4) is 0 Å². The predicted octanol–water partition coefficient (Wildman–Crippen LogP) is 2.42. The molecule has 1 aliphatic heterocycles. The lowest BCUT2D eigenvalue weighted by Gasteiger charge is -2.26. The molecule has 1 fully saturated rings. The number of rotatable bonds is 4. The molecule has 2 N–H and O–H groups in total. The van der Waals surface area contributed by atoms with Gasteiger partial charge in [0.25, 0.3) is 0 Å². The highest BCUT2D eigenvalue weighted by molar-refractivity contribution is 5.92. The first-order chi connectivity index (χ1) is 11.1. The van der Waals surface area contributed by atoms with Crippen molar-refractivity contribution in [1.82, 2.24) is 10.6 Å². The molecular formula is C19H20N2O2. The zero-order valence-corrected chi connectivity index (χ0v) is 13.1. The summed E-state index contributed by atoms with van der Waals surface area (Å²) in [5.41, 5.74) is 1.35. The van der Waals surface area contributed by atoms with Crippen LogP contribution in [0.25, 0.3) is 0 Å².